The number of urea groups is 1. The molecule has 0 atom stereocenters. The molecule has 3 fully saturated rings. The van der Waals surface area contributed by atoms with E-state index in [0.717, 1.165) is 38.1 Å². The average molecular weight is 266 g/mol. The van der Waals surface area contributed by atoms with Gasteiger partial charge in [0.15, 0.2) is 0 Å². The number of piperidine rings is 1. The Morgan fingerprint density at radius 1 is 1.16 bits per heavy atom. The lowest BCUT2D eigenvalue weighted by atomic mass is 9.97. The second-order valence-corrected chi connectivity index (χ2v) is 6.14. The summed E-state index contributed by atoms with van der Waals surface area (Å²) in [4.78, 5) is 16.1. The summed E-state index contributed by atoms with van der Waals surface area (Å²) in [5.74, 6) is 0.856. The van der Waals surface area contributed by atoms with Crippen LogP contribution in [0.25, 0.3) is 0 Å². The summed E-state index contributed by atoms with van der Waals surface area (Å²) in [5.41, 5.74) is 0. The van der Waals surface area contributed by atoms with Crippen molar-refractivity contribution in [3.05, 3.63) is 0 Å². The van der Waals surface area contributed by atoms with Gasteiger partial charge in [0.2, 0.25) is 0 Å². The van der Waals surface area contributed by atoms with Gasteiger partial charge in [0.25, 0.3) is 0 Å². The van der Waals surface area contributed by atoms with Crippen LogP contribution in [-0.2, 0) is 0 Å². The summed E-state index contributed by atoms with van der Waals surface area (Å²) < 4.78 is 0. The van der Waals surface area contributed by atoms with Crippen molar-refractivity contribution in [2.45, 2.75) is 31.7 Å². The first-order chi connectivity index (χ1) is 9.33. The summed E-state index contributed by atoms with van der Waals surface area (Å²) in [6.07, 6.45) is 5.34. The van der Waals surface area contributed by atoms with Crippen LogP contribution in [0.3, 0.4) is 0 Å². The zero-order chi connectivity index (χ0) is 13.1. The molecule has 0 unspecified atom stereocenters. The number of carbonyl (C=O) groups is 1. The lowest BCUT2D eigenvalue weighted by Crippen LogP contribution is -2.42. The van der Waals surface area contributed by atoms with E-state index in [0.29, 0.717) is 0 Å². The van der Waals surface area contributed by atoms with Gasteiger partial charge >= 0.3 is 6.03 Å². The summed E-state index contributed by atoms with van der Waals surface area (Å²) in [5, 5.41) is 6.32. The second kappa shape index (κ2) is 6.09. The van der Waals surface area contributed by atoms with E-state index < -0.39 is 0 Å². The van der Waals surface area contributed by atoms with Crippen LogP contribution in [0.1, 0.15) is 25.7 Å². The van der Waals surface area contributed by atoms with Gasteiger partial charge in [-0.1, -0.05) is 0 Å². The van der Waals surface area contributed by atoms with E-state index >= 15 is 0 Å². The minimum Gasteiger partial charge on any atom is -0.336 e. The van der Waals surface area contributed by atoms with Gasteiger partial charge in [-0.05, 0) is 44.7 Å². The number of amides is 2. The minimum atomic E-state index is 0.123. The van der Waals surface area contributed by atoms with Crippen molar-refractivity contribution in [2.75, 3.05) is 45.8 Å². The lowest BCUT2D eigenvalue weighted by Gasteiger charge is -2.31. The standard InChI is InChI=1S/C14H26N4O/c19-14-16-7-8-17(14)9-10-18(13-1-2-13)11-12-3-5-15-6-4-12/h12-13,15H,1-11H2,(H,16,19). The summed E-state index contributed by atoms with van der Waals surface area (Å²) >= 11 is 0. The fourth-order valence-corrected chi connectivity index (χ4v) is 3.23. The Bertz CT molecular complexity index is 313. The zero-order valence-corrected chi connectivity index (χ0v) is 11.7. The monoisotopic (exact) mass is 266 g/mol. The number of rotatable bonds is 6. The SMILES string of the molecule is O=C1NCCN1CCN(CC1CCNCC1)C1CC1. The van der Waals surface area contributed by atoms with Gasteiger partial charge in [-0.2, -0.15) is 0 Å². The number of hydrogen-bond donors (Lipinski definition) is 2. The van der Waals surface area contributed by atoms with Gasteiger partial charge in [-0.3, -0.25) is 4.90 Å². The maximum Gasteiger partial charge on any atom is 0.317 e. The smallest absolute Gasteiger partial charge is 0.317 e. The van der Waals surface area contributed by atoms with Crippen LogP contribution in [0.4, 0.5) is 4.79 Å². The lowest BCUT2D eigenvalue weighted by molar-refractivity contribution is 0.173. The van der Waals surface area contributed by atoms with Crippen molar-refractivity contribution >= 4 is 6.03 Å². The molecule has 0 aromatic heterocycles. The molecule has 5 nitrogen and oxygen atoms in total. The maximum atomic E-state index is 11.6. The van der Waals surface area contributed by atoms with Crippen LogP contribution in [0.5, 0.6) is 0 Å². The molecular formula is C14H26N4O. The van der Waals surface area contributed by atoms with Crippen LogP contribution in [0.15, 0.2) is 0 Å². The highest BCUT2D eigenvalue weighted by Crippen LogP contribution is 2.28. The van der Waals surface area contributed by atoms with E-state index in [1.54, 1.807) is 0 Å². The molecule has 19 heavy (non-hydrogen) atoms. The van der Waals surface area contributed by atoms with E-state index in [4.69, 9.17) is 0 Å². The number of hydrogen-bond acceptors (Lipinski definition) is 3. The number of nitrogens with one attached hydrogen (secondary N) is 2. The Balaban J connectivity index is 1.45. The van der Waals surface area contributed by atoms with Gasteiger partial charge < -0.3 is 15.5 Å². The fourth-order valence-electron chi connectivity index (χ4n) is 3.23. The Morgan fingerprint density at radius 2 is 1.95 bits per heavy atom. The molecule has 0 spiro atoms. The van der Waals surface area contributed by atoms with E-state index in [9.17, 15) is 4.79 Å². The highest BCUT2D eigenvalue weighted by Gasteiger charge is 2.31. The molecule has 0 bridgehead atoms. The highest BCUT2D eigenvalue weighted by molar-refractivity contribution is 5.76. The van der Waals surface area contributed by atoms with Crippen LogP contribution in [-0.4, -0.2) is 67.7 Å². The van der Waals surface area contributed by atoms with Gasteiger partial charge in [-0.15, -0.1) is 0 Å². The predicted molar refractivity (Wildman–Crippen MR) is 75.2 cm³/mol. The normalized spacial score (nSPS) is 25.1. The summed E-state index contributed by atoms with van der Waals surface area (Å²) in [6.45, 7) is 7.24. The molecule has 0 radical (unpaired) electrons. The van der Waals surface area contributed by atoms with Gasteiger partial charge in [0.1, 0.15) is 0 Å². The van der Waals surface area contributed by atoms with Crippen LogP contribution in [0.2, 0.25) is 0 Å². The molecule has 2 aliphatic heterocycles. The summed E-state index contributed by atoms with van der Waals surface area (Å²) in [6, 6.07) is 0.929. The van der Waals surface area contributed by atoms with Crippen molar-refractivity contribution in [3.63, 3.8) is 0 Å². The Morgan fingerprint density at radius 3 is 2.58 bits per heavy atom. The molecule has 2 N–H and O–H groups in total. The van der Waals surface area contributed by atoms with Crippen molar-refractivity contribution in [3.8, 4) is 0 Å². The Kier molecular flexibility index (Phi) is 4.23. The van der Waals surface area contributed by atoms with Crippen LogP contribution in [0, 0.1) is 5.92 Å². The van der Waals surface area contributed by atoms with E-state index in [1.807, 2.05) is 4.90 Å². The quantitative estimate of drug-likeness (QED) is 0.735. The molecule has 2 heterocycles. The van der Waals surface area contributed by atoms with Crippen molar-refractivity contribution < 1.29 is 4.79 Å². The number of nitrogens with zero attached hydrogens (tertiary/aromatic N) is 2. The molecule has 0 aromatic carbocycles. The summed E-state index contributed by atoms with van der Waals surface area (Å²) in [7, 11) is 0. The van der Waals surface area contributed by atoms with Crippen molar-refractivity contribution in [1.82, 2.24) is 20.4 Å². The average Bonchev–Trinajstić information content (AvgIpc) is 3.20. The third-order valence-electron chi connectivity index (χ3n) is 4.62. The molecule has 3 rings (SSSR count). The minimum absolute atomic E-state index is 0.123. The van der Waals surface area contributed by atoms with Crippen molar-refractivity contribution in [2.24, 2.45) is 5.92 Å². The third kappa shape index (κ3) is 3.60. The fraction of sp³-hybridized carbons (Fsp3) is 0.929. The van der Waals surface area contributed by atoms with E-state index in [2.05, 4.69) is 15.5 Å². The molecule has 1 aliphatic carbocycles. The Labute approximate surface area is 115 Å². The largest absolute Gasteiger partial charge is 0.336 e. The predicted octanol–water partition coefficient (Wildman–Crippen LogP) is 0.476. The molecule has 5 heteroatoms. The first-order valence-corrected chi connectivity index (χ1v) is 7.80. The molecule has 2 saturated heterocycles. The van der Waals surface area contributed by atoms with Gasteiger partial charge in [-0.25, -0.2) is 4.79 Å². The maximum absolute atomic E-state index is 11.6. The molecular weight excluding hydrogens is 240 g/mol. The van der Waals surface area contributed by atoms with Gasteiger partial charge in [0, 0.05) is 38.8 Å². The molecule has 3 aliphatic rings. The van der Waals surface area contributed by atoms with Crippen LogP contribution < -0.4 is 10.6 Å². The van der Waals surface area contributed by atoms with Gasteiger partial charge in [0.05, 0.1) is 0 Å². The highest BCUT2D eigenvalue weighted by atomic mass is 16.2. The molecule has 2 amide bonds. The topological polar surface area (TPSA) is 47.6 Å². The van der Waals surface area contributed by atoms with E-state index in [-0.39, 0.29) is 6.03 Å². The van der Waals surface area contributed by atoms with Crippen LogP contribution >= 0.6 is 0 Å². The first kappa shape index (κ1) is 13.2. The van der Waals surface area contributed by atoms with E-state index in [1.165, 1.54) is 45.3 Å². The zero-order valence-electron chi connectivity index (χ0n) is 11.7. The second-order valence-electron chi connectivity index (χ2n) is 6.14. The first-order valence-electron chi connectivity index (χ1n) is 7.80. The molecule has 0 aromatic rings. The third-order valence-corrected chi connectivity index (χ3v) is 4.62. The van der Waals surface area contributed by atoms with Crippen molar-refractivity contribution in [1.29, 1.82) is 0 Å². The Hall–Kier alpha value is -0.810. The molecule has 1 saturated carbocycles. The number of carbonyl (C=O) groups excluding carboxylic acids is 1. The molecule has 108 valence electrons.